The summed E-state index contributed by atoms with van der Waals surface area (Å²) in [7, 11) is 0. The summed E-state index contributed by atoms with van der Waals surface area (Å²) in [6, 6.07) is 42.3. The molecule has 0 aliphatic carbocycles. The van der Waals surface area contributed by atoms with Crippen LogP contribution in [-0.4, -0.2) is 9.97 Å². The summed E-state index contributed by atoms with van der Waals surface area (Å²) in [4.78, 5) is 11.1. The summed E-state index contributed by atoms with van der Waals surface area (Å²) in [5.74, 6) is 0. The molecule has 0 N–H and O–H groups in total. The number of fused-ring (bicyclic) bond motifs is 7. The summed E-state index contributed by atoms with van der Waals surface area (Å²) in [6.07, 6.45) is 5.35. The van der Waals surface area contributed by atoms with E-state index in [0.29, 0.717) is 5.71 Å². The summed E-state index contributed by atoms with van der Waals surface area (Å²) in [6.45, 7) is 0. The molecule has 43 heavy (non-hydrogen) atoms. The Balaban J connectivity index is 1.41. The fraction of sp³-hybridized carbons (Fsp3) is 0. The average molecular weight is 554 g/mol. The van der Waals surface area contributed by atoms with Crippen LogP contribution in [0.15, 0.2) is 149 Å². The Morgan fingerprint density at radius 3 is 2.35 bits per heavy atom. The normalized spacial score (nSPS) is 11.7. The number of pyridine rings is 2. The Kier molecular flexibility index (Phi) is 5.13. The van der Waals surface area contributed by atoms with Gasteiger partial charge < -0.3 is 13.7 Å². The molecule has 0 saturated heterocycles. The summed E-state index contributed by atoms with van der Waals surface area (Å²) < 4.78 is 12.4. The Labute approximate surface area is 246 Å². The molecule has 0 amide bonds. The number of hydrogen-bond acceptors (Lipinski definition) is 5. The van der Waals surface area contributed by atoms with Crippen molar-refractivity contribution in [1.82, 2.24) is 9.97 Å². The van der Waals surface area contributed by atoms with E-state index < -0.39 is 0 Å². The van der Waals surface area contributed by atoms with Gasteiger partial charge in [0.15, 0.2) is 5.58 Å². The highest BCUT2D eigenvalue weighted by Crippen LogP contribution is 2.46. The highest BCUT2D eigenvalue weighted by Gasteiger charge is 2.23. The molecule has 5 nitrogen and oxygen atoms in total. The van der Waals surface area contributed by atoms with Crippen LogP contribution in [0, 0.1) is 0 Å². The topological polar surface area (TPSA) is 55.3 Å². The van der Waals surface area contributed by atoms with Crippen LogP contribution in [0.1, 0.15) is 0 Å². The van der Waals surface area contributed by atoms with Gasteiger partial charge in [-0.05, 0) is 77.2 Å². The third-order valence-corrected chi connectivity index (χ3v) is 8.20. The van der Waals surface area contributed by atoms with Gasteiger partial charge >= 0.3 is 0 Å². The highest BCUT2D eigenvalue weighted by atomic mass is 16.3. The number of anilines is 3. The third kappa shape index (κ3) is 3.72. The van der Waals surface area contributed by atoms with Gasteiger partial charge in [-0.15, -0.1) is 0 Å². The Morgan fingerprint density at radius 2 is 1.40 bits per heavy atom. The number of aromatic nitrogens is 2. The Bertz CT molecular complexity index is 2480. The van der Waals surface area contributed by atoms with Crippen molar-refractivity contribution in [1.29, 1.82) is 0 Å². The molecule has 5 heteroatoms. The minimum absolute atomic E-state index is 0.622. The van der Waals surface area contributed by atoms with Crippen molar-refractivity contribution in [3.8, 4) is 11.1 Å². The lowest BCUT2D eigenvalue weighted by atomic mass is 9.98. The molecule has 0 atom stereocenters. The van der Waals surface area contributed by atoms with Gasteiger partial charge in [-0.25, -0.2) is 4.98 Å². The first-order valence-electron chi connectivity index (χ1n) is 14.2. The number of furan rings is 2. The minimum Gasteiger partial charge on any atom is -0.454 e. The highest BCUT2D eigenvalue weighted by molar-refractivity contribution is 6.15. The molecule has 0 radical (unpaired) electrons. The van der Waals surface area contributed by atoms with Crippen molar-refractivity contribution in [2.45, 2.75) is 0 Å². The van der Waals surface area contributed by atoms with Crippen LogP contribution in [0.4, 0.5) is 17.1 Å². The predicted octanol–water partition coefficient (Wildman–Crippen LogP) is 10.6. The van der Waals surface area contributed by atoms with Gasteiger partial charge in [0.05, 0.1) is 28.3 Å². The standard InChI is InChI=1S/C38H23N3O2/c1-2-8-24(9-3-1)26-20-25-10-4-5-11-28(25)33(21-26)41(27-15-16-34-31(22-27)29-17-19-39-23-36(29)42-34)32-13-6-14-35-37(32)30-12-7-18-40-38(30)43-35/h1-23H. The van der Waals surface area contributed by atoms with Crippen molar-refractivity contribution in [2.24, 2.45) is 0 Å². The molecule has 0 fully saturated rings. The maximum atomic E-state index is 6.25. The van der Waals surface area contributed by atoms with Gasteiger partial charge in [-0.1, -0.05) is 60.7 Å². The van der Waals surface area contributed by atoms with Crippen molar-refractivity contribution in [3.63, 3.8) is 0 Å². The van der Waals surface area contributed by atoms with Crippen molar-refractivity contribution in [3.05, 3.63) is 140 Å². The second-order valence-corrected chi connectivity index (χ2v) is 10.7. The molecule has 0 unspecified atom stereocenters. The second kappa shape index (κ2) is 9.29. The summed E-state index contributed by atoms with van der Waals surface area (Å²) in [5.41, 5.74) is 8.40. The zero-order chi connectivity index (χ0) is 28.3. The molecule has 0 spiro atoms. The molecular formula is C38H23N3O2. The van der Waals surface area contributed by atoms with E-state index >= 15 is 0 Å². The summed E-state index contributed by atoms with van der Waals surface area (Å²) in [5, 5.41) is 6.37. The Morgan fingerprint density at radius 1 is 0.512 bits per heavy atom. The van der Waals surface area contributed by atoms with Crippen LogP contribution in [0.3, 0.4) is 0 Å². The molecule has 0 aliphatic rings. The first-order chi connectivity index (χ1) is 21.3. The summed E-state index contributed by atoms with van der Waals surface area (Å²) >= 11 is 0. The van der Waals surface area contributed by atoms with E-state index in [2.05, 4.69) is 112 Å². The van der Waals surface area contributed by atoms with E-state index in [0.717, 1.165) is 77.3 Å². The molecule has 9 rings (SSSR count). The Hall–Kier alpha value is -5.94. The maximum Gasteiger partial charge on any atom is 0.227 e. The van der Waals surface area contributed by atoms with Crippen LogP contribution in [0.25, 0.3) is 65.9 Å². The van der Waals surface area contributed by atoms with E-state index in [1.807, 2.05) is 30.5 Å². The SMILES string of the molecule is c1ccc(-c2cc(N(c3ccc4oc5cnccc5c4c3)c3cccc4oc5ncccc5c34)c3ccccc3c2)cc1. The molecule has 0 bridgehead atoms. The molecule has 9 aromatic rings. The molecule has 4 heterocycles. The number of hydrogen-bond donors (Lipinski definition) is 0. The lowest BCUT2D eigenvalue weighted by molar-refractivity contribution is 0.654. The maximum absolute atomic E-state index is 6.25. The van der Waals surface area contributed by atoms with Crippen LogP contribution in [0.5, 0.6) is 0 Å². The lowest BCUT2D eigenvalue weighted by Crippen LogP contribution is -2.11. The molecule has 0 saturated carbocycles. The van der Waals surface area contributed by atoms with Crippen LogP contribution < -0.4 is 4.90 Å². The van der Waals surface area contributed by atoms with Gasteiger partial charge in [0.1, 0.15) is 11.2 Å². The van der Waals surface area contributed by atoms with Gasteiger partial charge in [-0.2, -0.15) is 0 Å². The quantitative estimate of drug-likeness (QED) is 0.217. The monoisotopic (exact) mass is 553 g/mol. The van der Waals surface area contributed by atoms with E-state index in [9.17, 15) is 0 Å². The minimum atomic E-state index is 0.622. The van der Waals surface area contributed by atoms with E-state index in [1.54, 1.807) is 12.4 Å². The van der Waals surface area contributed by atoms with E-state index in [1.165, 1.54) is 0 Å². The van der Waals surface area contributed by atoms with Crippen molar-refractivity contribution < 1.29 is 8.83 Å². The van der Waals surface area contributed by atoms with Gasteiger partial charge in [0.2, 0.25) is 5.71 Å². The largest absolute Gasteiger partial charge is 0.454 e. The molecular weight excluding hydrogens is 530 g/mol. The first kappa shape index (κ1) is 23.7. The smallest absolute Gasteiger partial charge is 0.227 e. The fourth-order valence-electron chi connectivity index (χ4n) is 6.27. The molecule has 0 aliphatic heterocycles. The lowest BCUT2D eigenvalue weighted by Gasteiger charge is -2.28. The van der Waals surface area contributed by atoms with Crippen LogP contribution in [-0.2, 0) is 0 Å². The first-order valence-corrected chi connectivity index (χ1v) is 14.2. The zero-order valence-corrected chi connectivity index (χ0v) is 22.9. The van der Waals surface area contributed by atoms with E-state index in [-0.39, 0.29) is 0 Å². The predicted molar refractivity (Wildman–Crippen MR) is 174 cm³/mol. The van der Waals surface area contributed by atoms with Crippen LogP contribution >= 0.6 is 0 Å². The fourth-order valence-corrected chi connectivity index (χ4v) is 6.27. The molecule has 5 aromatic carbocycles. The van der Waals surface area contributed by atoms with Crippen molar-refractivity contribution >= 4 is 71.8 Å². The van der Waals surface area contributed by atoms with Crippen molar-refractivity contribution in [2.75, 3.05) is 4.90 Å². The second-order valence-electron chi connectivity index (χ2n) is 10.7. The van der Waals surface area contributed by atoms with Gasteiger partial charge in [0, 0.05) is 34.2 Å². The number of rotatable bonds is 4. The van der Waals surface area contributed by atoms with E-state index in [4.69, 9.17) is 8.83 Å². The zero-order valence-electron chi connectivity index (χ0n) is 22.9. The third-order valence-electron chi connectivity index (χ3n) is 8.20. The number of benzene rings is 5. The molecule has 4 aromatic heterocycles. The molecule has 202 valence electrons. The van der Waals surface area contributed by atoms with Crippen LogP contribution in [0.2, 0.25) is 0 Å². The van der Waals surface area contributed by atoms with Gasteiger partial charge in [0.25, 0.3) is 0 Å². The average Bonchev–Trinajstić information content (AvgIpc) is 3.64. The number of nitrogens with zero attached hydrogens (tertiary/aromatic N) is 3. The van der Waals surface area contributed by atoms with Gasteiger partial charge in [-0.3, -0.25) is 4.98 Å².